The van der Waals surface area contributed by atoms with Crippen molar-refractivity contribution in [3.05, 3.63) is 81.6 Å². The van der Waals surface area contributed by atoms with Gasteiger partial charge in [-0.05, 0) is 69.3 Å². The van der Waals surface area contributed by atoms with Crippen LogP contribution in [0.3, 0.4) is 0 Å². The molecule has 0 spiro atoms. The monoisotopic (exact) mass is 424 g/mol. The van der Waals surface area contributed by atoms with Crippen molar-refractivity contribution >= 4 is 33.8 Å². The topological polar surface area (TPSA) is 43.6 Å². The molecule has 4 nitrogen and oxygen atoms in total. The highest BCUT2D eigenvalue weighted by Gasteiger charge is 2.10. The van der Waals surface area contributed by atoms with Crippen molar-refractivity contribution in [3.63, 3.8) is 0 Å². The number of aryl methyl sites for hydroxylation is 1. The molecule has 1 aromatic heterocycles. The number of aliphatic imine (C=N–C) groups is 1. The van der Waals surface area contributed by atoms with E-state index < -0.39 is 0 Å². The lowest BCUT2D eigenvalue weighted by molar-refractivity contribution is 0.0526. The smallest absolute Gasteiger partial charge is 0.338 e. The lowest BCUT2D eigenvalue weighted by Crippen LogP contribution is -2.03. The number of ether oxygens (including phenoxy) is 1. The predicted octanol–water partition coefficient (Wildman–Crippen LogP) is 5.78. The quantitative estimate of drug-likeness (QED) is 0.384. The highest BCUT2D eigenvalue weighted by molar-refractivity contribution is 9.10. The first-order valence-electron chi connectivity index (χ1n) is 8.75. The lowest BCUT2D eigenvalue weighted by Gasteiger charge is -2.09. The fraction of sp³-hybridized carbons (Fsp3) is 0.182. The third-order valence-corrected chi connectivity index (χ3v) is 4.79. The fourth-order valence-electron chi connectivity index (χ4n) is 2.98. The summed E-state index contributed by atoms with van der Waals surface area (Å²) in [5, 5.41) is 0. The number of carbonyl (C=O) groups excluding carboxylic acids is 1. The molecule has 0 amide bonds. The second-order valence-electron chi connectivity index (χ2n) is 6.17. The molecule has 0 fully saturated rings. The van der Waals surface area contributed by atoms with E-state index in [9.17, 15) is 4.79 Å². The van der Waals surface area contributed by atoms with Gasteiger partial charge in [0.2, 0.25) is 0 Å². The summed E-state index contributed by atoms with van der Waals surface area (Å²) in [4.78, 5) is 16.4. The number of nitrogens with zero attached hydrogens (tertiary/aromatic N) is 2. The zero-order valence-corrected chi connectivity index (χ0v) is 17.2. The van der Waals surface area contributed by atoms with Gasteiger partial charge in [-0.25, -0.2) is 4.79 Å². The van der Waals surface area contributed by atoms with Crippen LogP contribution < -0.4 is 0 Å². The molecule has 0 aliphatic carbocycles. The zero-order chi connectivity index (χ0) is 19.4. The molecule has 0 aliphatic heterocycles. The van der Waals surface area contributed by atoms with E-state index in [-0.39, 0.29) is 5.97 Å². The van der Waals surface area contributed by atoms with Crippen LogP contribution in [0.25, 0.3) is 5.69 Å². The molecular formula is C22H21BrN2O2. The summed E-state index contributed by atoms with van der Waals surface area (Å²) in [6.07, 6.45) is 1.84. The van der Waals surface area contributed by atoms with Crippen LogP contribution in [0.5, 0.6) is 0 Å². The van der Waals surface area contributed by atoms with E-state index in [1.165, 1.54) is 0 Å². The van der Waals surface area contributed by atoms with Gasteiger partial charge in [0.05, 0.1) is 17.9 Å². The highest BCUT2D eigenvalue weighted by atomic mass is 79.9. The second kappa shape index (κ2) is 8.35. The summed E-state index contributed by atoms with van der Waals surface area (Å²) in [7, 11) is 0. The maximum atomic E-state index is 11.9. The molecule has 0 aliphatic rings. The number of rotatable bonds is 5. The zero-order valence-electron chi connectivity index (χ0n) is 15.6. The van der Waals surface area contributed by atoms with Crippen molar-refractivity contribution < 1.29 is 9.53 Å². The third kappa shape index (κ3) is 4.37. The molecule has 0 radical (unpaired) electrons. The van der Waals surface area contributed by atoms with Gasteiger partial charge in [-0.15, -0.1) is 0 Å². The van der Waals surface area contributed by atoms with E-state index in [1.54, 1.807) is 19.1 Å². The minimum atomic E-state index is -0.331. The molecular weight excluding hydrogens is 404 g/mol. The first-order valence-corrected chi connectivity index (χ1v) is 9.55. The van der Waals surface area contributed by atoms with Crippen molar-refractivity contribution in [2.75, 3.05) is 6.61 Å². The largest absolute Gasteiger partial charge is 0.462 e. The molecule has 0 bridgehead atoms. The Hall–Kier alpha value is -2.66. The lowest BCUT2D eigenvalue weighted by atomic mass is 10.2. The fourth-order valence-corrected chi connectivity index (χ4v) is 3.24. The Balaban J connectivity index is 1.88. The molecule has 3 aromatic rings. The number of hydrogen-bond acceptors (Lipinski definition) is 3. The molecule has 3 rings (SSSR count). The Morgan fingerprint density at radius 2 is 1.89 bits per heavy atom. The summed E-state index contributed by atoms with van der Waals surface area (Å²) >= 11 is 3.47. The minimum Gasteiger partial charge on any atom is -0.462 e. The van der Waals surface area contributed by atoms with Gasteiger partial charge in [0.25, 0.3) is 0 Å². The molecule has 0 saturated heterocycles. The Morgan fingerprint density at radius 1 is 1.15 bits per heavy atom. The molecule has 138 valence electrons. The van der Waals surface area contributed by atoms with E-state index in [2.05, 4.69) is 57.5 Å². The van der Waals surface area contributed by atoms with Gasteiger partial charge >= 0.3 is 5.97 Å². The Morgan fingerprint density at radius 3 is 2.59 bits per heavy atom. The highest BCUT2D eigenvalue weighted by Crippen LogP contribution is 2.22. The Labute approximate surface area is 167 Å². The second-order valence-corrected chi connectivity index (χ2v) is 7.08. The van der Waals surface area contributed by atoms with E-state index in [1.807, 2.05) is 30.5 Å². The van der Waals surface area contributed by atoms with Crippen molar-refractivity contribution in [1.82, 2.24) is 4.57 Å². The maximum Gasteiger partial charge on any atom is 0.338 e. The van der Waals surface area contributed by atoms with Crippen molar-refractivity contribution in [3.8, 4) is 5.69 Å². The van der Waals surface area contributed by atoms with Gasteiger partial charge in [-0.3, -0.25) is 4.99 Å². The molecule has 5 heteroatoms. The minimum absolute atomic E-state index is 0.331. The average Bonchev–Trinajstić information content (AvgIpc) is 2.95. The van der Waals surface area contributed by atoms with Gasteiger partial charge in [0, 0.05) is 33.3 Å². The van der Waals surface area contributed by atoms with Crippen LogP contribution in [0.4, 0.5) is 5.69 Å². The Bertz CT molecular complexity index is 988. The Kier molecular flexibility index (Phi) is 5.91. The van der Waals surface area contributed by atoms with E-state index in [0.29, 0.717) is 17.9 Å². The predicted molar refractivity (Wildman–Crippen MR) is 113 cm³/mol. The van der Waals surface area contributed by atoms with Crippen LogP contribution in [0, 0.1) is 13.8 Å². The molecule has 1 heterocycles. The van der Waals surface area contributed by atoms with Gasteiger partial charge in [-0.1, -0.05) is 22.0 Å². The first kappa shape index (κ1) is 19.1. The van der Waals surface area contributed by atoms with Crippen LogP contribution in [0.1, 0.15) is 34.2 Å². The maximum absolute atomic E-state index is 11.9. The van der Waals surface area contributed by atoms with Crippen LogP contribution >= 0.6 is 15.9 Å². The van der Waals surface area contributed by atoms with E-state index >= 15 is 0 Å². The summed E-state index contributed by atoms with van der Waals surface area (Å²) in [5.74, 6) is -0.331. The van der Waals surface area contributed by atoms with Crippen LogP contribution in [-0.2, 0) is 4.74 Å². The number of esters is 1. The summed E-state index contributed by atoms with van der Waals surface area (Å²) in [5.41, 5.74) is 5.62. The molecule has 0 unspecified atom stereocenters. The standard InChI is InChI=1S/C22H21BrN2O2/c1-4-27-22(26)17-6-5-7-20(13-17)24-14-18-12-15(2)25(16(18)3)21-10-8-19(23)9-11-21/h5-14H,4H2,1-3H3. The molecule has 27 heavy (non-hydrogen) atoms. The molecule has 2 aromatic carbocycles. The van der Waals surface area contributed by atoms with Crippen LogP contribution in [-0.4, -0.2) is 23.4 Å². The molecule has 0 saturated carbocycles. The number of hydrogen-bond donors (Lipinski definition) is 0. The molecule has 0 N–H and O–H groups in total. The summed E-state index contributed by atoms with van der Waals surface area (Å²) in [6, 6.07) is 17.5. The number of halogens is 1. The van der Waals surface area contributed by atoms with Crippen molar-refractivity contribution in [2.45, 2.75) is 20.8 Å². The van der Waals surface area contributed by atoms with Crippen LogP contribution in [0.2, 0.25) is 0 Å². The third-order valence-electron chi connectivity index (χ3n) is 4.27. The number of benzene rings is 2. The van der Waals surface area contributed by atoms with Gasteiger partial charge in [0.15, 0.2) is 0 Å². The van der Waals surface area contributed by atoms with Crippen LogP contribution in [0.15, 0.2) is 64.1 Å². The van der Waals surface area contributed by atoms with E-state index in [4.69, 9.17) is 4.74 Å². The number of aromatic nitrogens is 1. The van der Waals surface area contributed by atoms with E-state index in [0.717, 1.165) is 27.1 Å². The van der Waals surface area contributed by atoms with Gasteiger partial charge in [-0.2, -0.15) is 0 Å². The van der Waals surface area contributed by atoms with Crippen molar-refractivity contribution in [1.29, 1.82) is 0 Å². The van der Waals surface area contributed by atoms with Gasteiger partial charge in [0.1, 0.15) is 0 Å². The SMILES string of the molecule is CCOC(=O)c1cccc(N=Cc2cc(C)n(-c3ccc(Br)cc3)c2C)c1. The summed E-state index contributed by atoms with van der Waals surface area (Å²) < 4.78 is 8.29. The van der Waals surface area contributed by atoms with Gasteiger partial charge < -0.3 is 9.30 Å². The summed E-state index contributed by atoms with van der Waals surface area (Å²) in [6.45, 7) is 6.30. The first-order chi connectivity index (χ1) is 13.0. The molecule has 0 atom stereocenters. The number of carbonyl (C=O) groups is 1. The average molecular weight is 425 g/mol. The normalized spacial score (nSPS) is 11.1. The van der Waals surface area contributed by atoms with Crippen molar-refractivity contribution in [2.24, 2.45) is 4.99 Å².